The molecule has 2 N–H and O–H groups in total. The maximum atomic E-state index is 14.6. The molecule has 0 aromatic heterocycles. The second kappa shape index (κ2) is 16.0. The van der Waals surface area contributed by atoms with E-state index in [0.29, 0.717) is 35.5 Å². The van der Waals surface area contributed by atoms with Gasteiger partial charge in [0.15, 0.2) is 0 Å². The topological polar surface area (TPSA) is 74.6 Å². The number of hydrogen-bond acceptors (Lipinski definition) is 2. The Morgan fingerprint density at radius 1 is 0.891 bits per heavy atom. The van der Waals surface area contributed by atoms with Gasteiger partial charge in [-0.2, -0.15) is 0 Å². The highest BCUT2D eigenvalue weighted by atomic mass is 19.1. The van der Waals surface area contributed by atoms with E-state index >= 15 is 0 Å². The van der Waals surface area contributed by atoms with Gasteiger partial charge < -0.3 is 10.2 Å². The molecule has 6 rings (SSSR count). The normalized spacial score (nSPS) is 34.3. The second-order valence-corrected chi connectivity index (χ2v) is 14.3. The molecule has 0 radical (unpaired) electrons. The number of benzene rings is 1. The molecule has 5 heteroatoms. The van der Waals surface area contributed by atoms with Gasteiger partial charge in [-0.1, -0.05) is 59.3 Å². The Labute approximate surface area is 278 Å². The number of carboxylic acid groups (broad SMARTS) is 2. The zero-order chi connectivity index (χ0) is 35.0. The van der Waals surface area contributed by atoms with Gasteiger partial charge in [-0.15, -0.1) is 32.3 Å². The molecule has 5 aliphatic rings. The standard InChI is InChI=1S/C32H41FO4.C3H6.C2H6.2C2H2/c1-30(2)23(18-6-7-22(28(34)35)26(33)17-18)13-15-31(3)24-10-8-21-19(20(24)9-11-27(30)31)12-16-32(29(36)37)14-4-5-25(21)32;1-3-2;3*1-2/h6-7,13,17,19-21,24-25,27H,4-5,8-12,14-16H2,1-3H3,(H,34,35)(H,36,37);3H,1H2,2H3;1-2H3;2*1-2H/t19?,20?,21?,24?,25?,27?,31-,32+;;;;/m1..../s1. The van der Waals surface area contributed by atoms with Crippen molar-refractivity contribution < 1.29 is 24.2 Å². The molecule has 252 valence electrons. The van der Waals surface area contributed by atoms with E-state index in [4.69, 9.17) is 0 Å². The third-order valence-electron chi connectivity index (χ3n) is 12.4. The molecule has 8 atom stereocenters. The molecule has 0 bridgehead atoms. The molecule has 46 heavy (non-hydrogen) atoms. The lowest BCUT2D eigenvalue weighted by atomic mass is 9.40. The van der Waals surface area contributed by atoms with Crippen molar-refractivity contribution in [3.8, 4) is 25.7 Å². The summed E-state index contributed by atoms with van der Waals surface area (Å²) in [6.45, 7) is 16.4. The fourth-order valence-electron chi connectivity index (χ4n) is 11.0. The number of halogens is 1. The first-order valence-corrected chi connectivity index (χ1v) is 17.1. The molecule has 0 heterocycles. The summed E-state index contributed by atoms with van der Waals surface area (Å²) in [7, 11) is 0. The molecule has 1 aromatic carbocycles. The molecule has 4 nitrogen and oxygen atoms in total. The van der Waals surface area contributed by atoms with Gasteiger partial charge in [-0.3, -0.25) is 4.79 Å². The Morgan fingerprint density at radius 2 is 1.48 bits per heavy atom. The SMILES string of the molecule is C#C.C#C.C=CC.CC.CC1(C)C(c2ccc(C(=O)O)c(F)c2)=CC[C@]2(C)C3CCC4C(CC[C@@]5(C(=O)O)CCCC45)C3CCC12. The van der Waals surface area contributed by atoms with Crippen LogP contribution in [0.15, 0.2) is 36.9 Å². The zero-order valence-electron chi connectivity index (χ0n) is 29.0. The van der Waals surface area contributed by atoms with Gasteiger partial charge in [-0.05, 0) is 134 Å². The third kappa shape index (κ3) is 6.58. The number of carbonyl (C=O) groups is 2. The van der Waals surface area contributed by atoms with Gasteiger partial charge >= 0.3 is 11.9 Å². The van der Waals surface area contributed by atoms with E-state index in [9.17, 15) is 24.2 Å². The predicted octanol–water partition coefficient (Wildman–Crippen LogP) is 10.4. The predicted molar refractivity (Wildman–Crippen MR) is 187 cm³/mol. The molecule has 0 amide bonds. The average molecular weight is 633 g/mol. The summed E-state index contributed by atoms with van der Waals surface area (Å²) in [6, 6.07) is 4.59. The molecule has 0 spiro atoms. The Balaban J connectivity index is 0.000000749. The summed E-state index contributed by atoms with van der Waals surface area (Å²) in [5.74, 6) is 0.986. The lowest BCUT2D eigenvalue weighted by Gasteiger charge is -2.64. The zero-order valence-corrected chi connectivity index (χ0v) is 29.0. The van der Waals surface area contributed by atoms with E-state index in [2.05, 4.69) is 59.1 Å². The van der Waals surface area contributed by atoms with Crippen LogP contribution >= 0.6 is 0 Å². The van der Waals surface area contributed by atoms with Crippen LogP contribution in [0.5, 0.6) is 0 Å². The lowest BCUT2D eigenvalue weighted by Crippen LogP contribution is -2.57. The number of aromatic carboxylic acids is 1. The largest absolute Gasteiger partial charge is 0.481 e. The number of allylic oxidation sites excluding steroid dienone is 3. The average Bonchev–Trinajstić information content (AvgIpc) is 3.50. The van der Waals surface area contributed by atoms with Crippen LogP contribution in [0.4, 0.5) is 4.39 Å². The minimum atomic E-state index is -1.23. The van der Waals surface area contributed by atoms with Crippen LogP contribution < -0.4 is 0 Å². The van der Waals surface area contributed by atoms with Crippen LogP contribution in [0.3, 0.4) is 0 Å². The number of hydrogen-bond donors (Lipinski definition) is 2. The molecular formula is C41H57FO4. The van der Waals surface area contributed by atoms with Crippen LogP contribution in [0, 0.1) is 83.3 Å². The van der Waals surface area contributed by atoms with Crippen molar-refractivity contribution in [1.82, 2.24) is 0 Å². The smallest absolute Gasteiger partial charge is 0.338 e. The van der Waals surface area contributed by atoms with Gasteiger partial charge in [0.25, 0.3) is 0 Å². The van der Waals surface area contributed by atoms with Crippen LogP contribution in [0.1, 0.15) is 122 Å². The van der Waals surface area contributed by atoms with Crippen LogP contribution in [0.25, 0.3) is 5.57 Å². The summed E-state index contributed by atoms with van der Waals surface area (Å²) in [4.78, 5) is 23.7. The highest BCUT2D eigenvalue weighted by molar-refractivity contribution is 5.88. The molecule has 0 aliphatic heterocycles. The number of aliphatic carboxylic acids is 1. The maximum absolute atomic E-state index is 14.6. The van der Waals surface area contributed by atoms with Gasteiger partial charge in [-0.25, -0.2) is 9.18 Å². The van der Waals surface area contributed by atoms with Crippen LogP contribution in [-0.2, 0) is 4.79 Å². The van der Waals surface area contributed by atoms with E-state index in [1.165, 1.54) is 31.4 Å². The van der Waals surface area contributed by atoms with Crippen molar-refractivity contribution in [2.24, 2.45) is 51.8 Å². The molecule has 5 aliphatic carbocycles. The maximum Gasteiger partial charge on any atom is 0.338 e. The molecule has 4 fully saturated rings. The highest BCUT2D eigenvalue weighted by Crippen LogP contribution is 2.69. The minimum absolute atomic E-state index is 0.136. The first-order valence-electron chi connectivity index (χ1n) is 17.1. The lowest BCUT2D eigenvalue weighted by molar-refractivity contribution is -0.166. The van der Waals surface area contributed by atoms with Crippen LogP contribution in [-0.4, -0.2) is 22.2 Å². The fraction of sp³-hybridized carbons (Fsp3) is 0.610. The fourth-order valence-corrected chi connectivity index (χ4v) is 11.0. The number of carboxylic acids is 2. The first kappa shape index (κ1) is 38.9. The summed E-state index contributed by atoms with van der Waals surface area (Å²) < 4.78 is 14.6. The summed E-state index contributed by atoms with van der Waals surface area (Å²) >= 11 is 0. The molecule has 0 saturated heterocycles. The molecular weight excluding hydrogens is 575 g/mol. The number of fused-ring (bicyclic) bond motifs is 7. The van der Waals surface area contributed by atoms with E-state index < -0.39 is 23.2 Å². The third-order valence-corrected chi connectivity index (χ3v) is 12.4. The Hall–Kier alpha value is -3.31. The number of rotatable bonds is 3. The summed E-state index contributed by atoms with van der Waals surface area (Å²) in [6.07, 6.45) is 30.8. The van der Waals surface area contributed by atoms with Crippen molar-refractivity contribution in [2.75, 3.05) is 0 Å². The van der Waals surface area contributed by atoms with Gasteiger partial charge in [0.05, 0.1) is 11.0 Å². The van der Waals surface area contributed by atoms with E-state index in [0.717, 1.165) is 56.1 Å². The van der Waals surface area contributed by atoms with E-state index in [1.54, 1.807) is 12.1 Å². The van der Waals surface area contributed by atoms with Crippen molar-refractivity contribution >= 4 is 17.5 Å². The Bertz CT molecular complexity index is 1300. The molecule has 1 aromatic rings. The van der Waals surface area contributed by atoms with Crippen molar-refractivity contribution in [3.05, 3.63) is 53.9 Å². The van der Waals surface area contributed by atoms with Crippen molar-refractivity contribution in [2.45, 2.75) is 106 Å². The summed E-state index contributed by atoms with van der Waals surface area (Å²) in [5, 5.41) is 19.5. The quantitative estimate of drug-likeness (QED) is 0.257. The highest BCUT2D eigenvalue weighted by Gasteiger charge is 2.63. The van der Waals surface area contributed by atoms with Gasteiger partial charge in [0.1, 0.15) is 5.82 Å². The molecule has 6 unspecified atom stereocenters. The van der Waals surface area contributed by atoms with Crippen molar-refractivity contribution in [1.29, 1.82) is 0 Å². The van der Waals surface area contributed by atoms with Crippen molar-refractivity contribution in [3.63, 3.8) is 0 Å². The Morgan fingerprint density at radius 3 is 2.04 bits per heavy atom. The second-order valence-electron chi connectivity index (χ2n) is 14.3. The van der Waals surface area contributed by atoms with E-state index in [1.807, 2.05) is 20.8 Å². The first-order chi connectivity index (χ1) is 21.9. The summed E-state index contributed by atoms with van der Waals surface area (Å²) in [5.41, 5.74) is 1.26. The van der Waals surface area contributed by atoms with Gasteiger partial charge in [0.2, 0.25) is 0 Å². The monoisotopic (exact) mass is 632 g/mol. The van der Waals surface area contributed by atoms with Gasteiger partial charge in [0, 0.05) is 0 Å². The minimum Gasteiger partial charge on any atom is -0.481 e. The number of terminal acetylenes is 2. The molecule has 4 saturated carbocycles. The van der Waals surface area contributed by atoms with Crippen LogP contribution in [0.2, 0.25) is 0 Å². The van der Waals surface area contributed by atoms with E-state index in [-0.39, 0.29) is 16.4 Å². The Kier molecular flexibility index (Phi) is 13.5.